The molecule has 1 aliphatic rings. The fourth-order valence-corrected chi connectivity index (χ4v) is 4.22. The highest BCUT2D eigenvalue weighted by atomic mass is 15.1. The van der Waals surface area contributed by atoms with E-state index >= 15 is 0 Å². The summed E-state index contributed by atoms with van der Waals surface area (Å²) in [5, 5.41) is 4.76. The maximum absolute atomic E-state index is 6.08. The van der Waals surface area contributed by atoms with Crippen molar-refractivity contribution in [3.05, 3.63) is 48.7 Å². The second-order valence-electron chi connectivity index (χ2n) is 7.90. The summed E-state index contributed by atoms with van der Waals surface area (Å²) < 4.78 is 0. The molecular formula is C24H31N5. The molecule has 0 atom stereocenters. The summed E-state index contributed by atoms with van der Waals surface area (Å²) in [6.07, 6.45) is 6.17. The van der Waals surface area contributed by atoms with Crippen molar-refractivity contribution in [3.63, 3.8) is 0 Å². The number of nitrogens with one attached hydrogen (secondary N) is 1. The lowest BCUT2D eigenvalue weighted by atomic mass is 9.92. The van der Waals surface area contributed by atoms with Crippen LogP contribution in [0.2, 0.25) is 0 Å². The second-order valence-corrected chi connectivity index (χ2v) is 7.90. The fraction of sp³-hybridized carbons (Fsp3) is 0.417. The number of pyridine rings is 2. The Morgan fingerprint density at radius 3 is 2.45 bits per heavy atom. The third kappa shape index (κ3) is 4.35. The molecule has 0 unspecified atom stereocenters. The average Bonchev–Trinajstić information content (AvgIpc) is 2.76. The van der Waals surface area contributed by atoms with Crippen molar-refractivity contribution in [2.45, 2.75) is 51.6 Å². The van der Waals surface area contributed by atoms with E-state index < -0.39 is 0 Å². The largest absolute Gasteiger partial charge is 0.372 e. The van der Waals surface area contributed by atoms with Crippen molar-refractivity contribution in [1.29, 1.82) is 0 Å². The molecule has 29 heavy (non-hydrogen) atoms. The number of hydrogen-bond donors (Lipinski definition) is 2. The van der Waals surface area contributed by atoms with E-state index in [-0.39, 0.29) is 0 Å². The van der Waals surface area contributed by atoms with Crippen LogP contribution in [0.15, 0.2) is 48.7 Å². The van der Waals surface area contributed by atoms with Crippen LogP contribution in [0.4, 0.5) is 11.5 Å². The minimum atomic E-state index is 0.343. The van der Waals surface area contributed by atoms with Gasteiger partial charge in [0.2, 0.25) is 0 Å². The highest BCUT2D eigenvalue weighted by Gasteiger charge is 2.20. The summed E-state index contributed by atoms with van der Waals surface area (Å²) in [5.41, 5.74) is 10.4. The Bertz CT molecular complexity index is 941. The lowest BCUT2D eigenvalue weighted by molar-refractivity contribution is 0.411. The van der Waals surface area contributed by atoms with Gasteiger partial charge in [-0.1, -0.05) is 12.1 Å². The first kappa shape index (κ1) is 19.6. The maximum atomic E-state index is 6.08. The first-order chi connectivity index (χ1) is 14.2. The van der Waals surface area contributed by atoms with Gasteiger partial charge in [-0.25, -0.2) is 4.98 Å². The van der Waals surface area contributed by atoms with Crippen molar-refractivity contribution in [1.82, 2.24) is 9.97 Å². The summed E-state index contributed by atoms with van der Waals surface area (Å²) in [5.74, 6) is 0.930. The van der Waals surface area contributed by atoms with Gasteiger partial charge in [-0.15, -0.1) is 0 Å². The zero-order valence-corrected chi connectivity index (χ0v) is 17.4. The molecule has 1 saturated carbocycles. The molecule has 1 aliphatic carbocycles. The van der Waals surface area contributed by atoms with Gasteiger partial charge in [-0.3, -0.25) is 4.98 Å². The number of nitrogens with zero attached hydrogens (tertiary/aromatic N) is 3. The van der Waals surface area contributed by atoms with E-state index in [0.29, 0.717) is 12.1 Å². The minimum Gasteiger partial charge on any atom is -0.372 e. The Labute approximate surface area is 173 Å². The van der Waals surface area contributed by atoms with E-state index in [1.165, 1.54) is 5.69 Å². The molecule has 0 bridgehead atoms. The SMILES string of the molecule is CCN(CC)c1ccc(-c2cc3ncccc3c(NC3CCC(N)CC3)n2)cc1. The highest BCUT2D eigenvalue weighted by Crippen LogP contribution is 2.30. The van der Waals surface area contributed by atoms with Crippen LogP contribution in [0.3, 0.4) is 0 Å². The quantitative estimate of drug-likeness (QED) is 0.632. The van der Waals surface area contributed by atoms with Crippen LogP contribution in [-0.4, -0.2) is 35.1 Å². The van der Waals surface area contributed by atoms with Crippen molar-refractivity contribution in [2.75, 3.05) is 23.3 Å². The number of anilines is 2. The smallest absolute Gasteiger partial charge is 0.136 e. The van der Waals surface area contributed by atoms with Crippen molar-refractivity contribution in [2.24, 2.45) is 5.73 Å². The number of aromatic nitrogens is 2. The molecule has 0 aliphatic heterocycles. The van der Waals surface area contributed by atoms with Gasteiger partial charge in [0.25, 0.3) is 0 Å². The second kappa shape index (κ2) is 8.78. The van der Waals surface area contributed by atoms with Crippen LogP contribution in [-0.2, 0) is 0 Å². The van der Waals surface area contributed by atoms with Crippen molar-refractivity contribution >= 4 is 22.4 Å². The van der Waals surface area contributed by atoms with Gasteiger partial charge < -0.3 is 16.0 Å². The van der Waals surface area contributed by atoms with Gasteiger partial charge in [0.1, 0.15) is 5.82 Å². The topological polar surface area (TPSA) is 67.1 Å². The first-order valence-corrected chi connectivity index (χ1v) is 10.8. The van der Waals surface area contributed by atoms with Crippen LogP contribution >= 0.6 is 0 Å². The molecule has 0 saturated heterocycles. The Kier molecular flexibility index (Phi) is 5.95. The van der Waals surface area contributed by atoms with Crippen LogP contribution < -0.4 is 16.0 Å². The van der Waals surface area contributed by atoms with Gasteiger partial charge in [-0.2, -0.15) is 0 Å². The maximum Gasteiger partial charge on any atom is 0.136 e. The van der Waals surface area contributed by atoms with E-state index in [2.05, 4.69) is 65.4 Å². The predicted octanol–water partition coefficient (Wildman–Crippen LogP) is 4.82. The molecule has 0 amide bonds. The number of fused-ring (bicyclic) bond motifs is 1. The fourth-order valence-electron chi connectivity index (χ4n) is 4.22. The Morgan fingerprint density at radius 1 is 1.03 bits per heavy atom. The van der Waals surface area contributed by atoms with Crippen LogP contribution in [0, 0.1) is 0 Å². The van der Waals surface area contributed by atoms with E-state index in [1.54, 1.807) is 0 Å². The first-order valence-electron chi connectivity index (χ1n) is 10.8. The third-order valence-corrected chi connectivity index (χ3v) is 6.00. The molecular weight excluding hydrogens is 358 g/mol. The molecule has 4 rings (SSSR count). The molecule has 0 radical (unpaired) electrons. The standard InChI is InChI=1S/C24H31N5/c1-3-29(4-2)20-13-7-17(8-14-20)22-16-23-21(6-5-15-26-23)24(28-22)27-19-11-9-18(25)10-12-19/h5-8,13-16,18-19H,3-4,9-12,25H2,1-2H3,(H,27,28). The van der Waals surface area contributed by atoms with Gasteiger partial charge in [0, 0.05) is 48.0 Å². The third-order valence-electron chi connectivity index (χ3n) is 6.00. The summed E-state index contributed by atoms with van der Waals surface area (Å²) in [4.78, 5) is 11.9. The van der Waals surface area contributed by atoms with Gasteiger partial charge >= 0.3 is 0 Å². The Morgan fingerprint density at radius 2 is 1.76 bits per heavy atom. The molecule has 5 nitrogen and oxygen atoms in total. The van der Waals surface area contributed by atoms with Crippen LogP contribution in [0.5, 0.6) is 0 Å². The molecule has 2 aromatic heterocycles. The zero-order chi connectivity index (χ0) is 20.2. The lowest BCUT2D eigenvalue weighted by Gasteiger charge is -2.27. The monoisotopic (exact) mass is 389 g/mol. The summed E-state index contributed by atoms with van der Waals surface area (Å²) in [7, 11) is 0. The predicted molar refractivity (Wildman–Crippen MR) is 122 cm³/mol. The highest BCUT2D eigenvalue weighted by molar-refractivity contribution is 5.92. The molecule has 1 aromatic carbocycles. The van der Waals surface area contributed by atoms with E-state index in [0.717, 1.165) is 66.8 Å². The summed E-state index contributed by atoms with van der Waals surface area (Å²) >= 11 is 0. The number of rotatable bonds is 6. The van der Waals surface area contributed by atoms with Gasteiger partial charge in [0.05, 0.1) is 11.2 Å². The summed E-state index contributed by atoms with van der Waals surface area (Å²) in [6.45, 7) is 6.38. The Hall–Kier alpha value is -2.66. The molecule has 3 aromatic rings. The van der Waals surface area contributed by atoms with Crippen molar-refractivity contribution in [3.8, 4) is 11.3 Å². The number of nitrogens with two attached hydrogens (primary N) is 1. The van der Waals surface area contributed by atoms with Crippen molar-refractivity contribution < 1.29 is 0 Å². The molecule has 0 spiro atoms. The molecule has 5 heteroatoms. The molecule has 2 heterocycles. The van der Waals surface area contributed by atoms with Gasteiger partial charge in [-0.05, 0) is 69.9 Å². The van der Waals surface area contributed by atoms with Crippen LogP contribution in [0.1, 0.15) is 39.5 Å². The Balaban J connectivity index is 1.66. The summed E-state index contributed by atoms with van der Waals surface area (Å²) in [6, 6.07) is 15.6. The molecule has 152 valence electrons. The normalized spacial score (nSPS) is 19.3. The molecule has 3 N–H and O–H groups in total. The van der Waals surface area contributed by atoms with Gasteiger partial charge in [0.15, 0.2) is 0 Å². The lowest BCUT2D eigenvalue weighted by Crippen LogP contribution is -2.33. The zero-order valence-electron chi connectivity index (χ0n) is 17.4. The average molecular weight is 390 g/mol. The number of benzene rings is 1. The van der Waals surface area contributed by atoms with E-state index in [1.807, 2.05) is 12.3 Å². The van der Waals surface area contributed by atoms with Crippen LogP contribution in [0.25, 0.3) is 22.2 Å². The molecule has 1 fully saturated rings. The van der Waals surface area contributed by atoms with E-state index in [4.69, 9.17) is 10.7 Å². The van der Waals surface area contributed by atoms with E-state index in [9.17, 15) is 0 Å². The number of hydrogen-bond acceptors (Lipinski definition) is 5. The minimum absolute atomic E-state index is 0.343.